The van der Waals surface area contributed by atoms with Crippen LogP contribution in [0.2, 0.25) is 0 Å². The average Bonchev–Trinajstić information content (AvgIpc) is 2.89. The van der Waals surface area contributed by atoms with Crippen molar-refractivity contribution in [2.75, 3.05) is 39.5 Å². The molecule has 1 fully saturated rings. The van der Waals surface area contributed by atoms with Gasteiger partial charge in [-0.25, -0.2) is 0 Å². The van der Waals surface area contributed by atoms with Gasteiger partial charge in [0.15, 0.2) is 0 Å². The van der Waals surface area contributed by atoms with Crippen LogP contribution in [0.15, 0.2) is 78.9 Å². The van der Waals surface area contributed by atoms with Crippen LogP contribution in [0.1, 0.15) is 41.6 Å². The van der Waals surface area contributed by atoms with Crippen molar-refractivity contribution in [2.45, 2.75) is 31.3 Å². The minimum absolute atomic E-state index is 0.00938. The maximum absolute atomic E-state index is 6.54. The summed E-state index contributed by atoms with van der Waals surface area (Å²) < 4.78 is 18.0. The summed E-state index contributed by atoms with van der Waals surface area (Å²) in [4.78, 5) is 2.48. The number of benzene rings is 3. The Labute approximate surface area is 197 Å². The zero-order valence-electron chi connectivity index (χ0n) is 19.2. The normalized spacial score (nSPS) is 20.6. The van der Waals surface area contributed by atoms with Gasteiger partial charge in [-0.15, -0.1) is 0 Å². The molecular formula is C29H33NO3. The van der Waals surface area contributed by atoms with Crippen LogP contribution in [0, 0.1) is 0 Å². The predicted molar refractivity (Wildman–Crippen MR) is 131 cm³/mol. The molecule has 172 valence electrons. The summed E-state index contributed by atoms with van der Waals surface area (Å²) >= 11 is 0. The van der Waals surface area contributed by atoms with Crippen molar-refractivity contribution in [3.8, 4) is 11.5 Å². The van der Waals surface area contributed by atoms with Crippen molar-refractivity contribution in [3.05, 3.63) is 95.6 Å². The second-order valence-corrected chi connectivity index (χ2v) is 8.95. The van der Waals surface area contributed by atoms with E-state index in [-0.39, 0.29) is 12.0 Å². The summed E-state index contributed by atoms with van der Waals surface area (Å²) in [5.41, 5.74) is 3.79. The van der Waals surface area contributed by atoms with Gasteiger partial charge in [0.2, 0.25) is 0 Å². The minimum atomic E-state index is -0.00938. The van der Waals surface area contributed by atoms with Crippen LogP contribution in [0.25, 0.3) is 0 Å². The van der Waals surface area contributed by atoms with E-state index in [0.29, 0.717) is 0 Å². The summed E-state index contributed by atoms with van der Waals surface area (Å²) in [6.07, 6.45) is 3.20. The fourth-order valence-corrected chi connectivity index (χ4v) is 4.85. The lowest BCUT2D eigenvalue weighted by molar-refractivity contribution is 0.0368. The van der Waals surface area contributed by atoms with Crippen LogP contribution in [0.5, 0.6) is 11.5 Å². The second kappa shape index (κ2) is 10.9. The minimum Gasteiger partial charge on any atom is -0.494 e. The highest BCUT2D eigenvalue weighted by Gasteiger charge is 2.32. The van der Waals surface area contributed by atoms with Gasteiger partial charge in [-0.1, -0.05) is 60.7 Å². The van der Waals surface area contributed by atoms with E-state index in [2.05, 4.69) is 83.8 Å². The zero-order chi connectivity index (χ0) is 22.3. The van der Waals surface area contributed by atoms with E-state index in [9.17, 15) is 0 Å². The number of hydrogen-bond donors (Lipinski definition) is 0. The molecule has 2 aliphatic rings. The third kappa shape index (κ3) is 5.58. The third-order valence-electron chi connectivity index (χ3n) is 6.71. The molecular weight excluding hydrogens is 410 g/mol. The Bertz CT molecular complexity index is 999. The molecule has 3 aromatic carbocycles. The Hall–Kier alpha value is -2.82. The summed E-state index contributed by atoms with van der Waals surface area (Å²) in [5, 5.41) is 0. The third-order valence-corrected chi connectivity index (χ3v) is 6.71. The van der Waals surface area contributed by atoms with E-state index in [0.717, 1.165) is 70.2 Å². The van der Waals surface area contributed by atoms with E-state index < -0.39 is 0 Å². The van der Waals surface area contributed by atoms with Crippen LogP contribution < -0.4 is 9.47 Å². The maximum atomic E-state index is 6.54. The lowest BCUT2D eigenvalue weighted by Crippen LogP contribution is -2.36. The van der Waals surface area contributed by atoms with Crippen molar-refractivity contribution in [1.29, 1.82) is 0 Å². The monoisotopic (exact) mass is 443 g/mol. The molecule has 0 spiro atoms. The van der Waals surface area contributed by atoms with Gasteiger partial charge in [0, 0.05) is 19.0 Å². The van der Waals surface area contributed by atoms with Gasteiger partial charge in [-0.2, -0.15) is 0 Å². The highest BCUT2D eigenvalue weighted by Crippen LogP contribution is 2.44. The first-order valence-electron chi connectivity index (χ1n) is 12.2. The van der Waals surface area contributed by atoms with E-state index in [1.54, 1.807) is 0 Å². The molecule has 5 rings (SSSR count). The first kappa shape index (κ1) is 22.0. The molecule has 0 aromatic heterocycles. The lowest BCUT2D eigenvalue weighted by Gasteiger charge is -2.34. The SMILES string of the molecule is c1ccc(C2Cc3ccccc3OC2c2ccc(OCCCCN3CCOCC3)cc2)cc1. The molecule has 4 nitrogen and oxygen atoms in total. The Morgan fingerprint density at radius 1 is 0.788 bits per heavy atom. The number of ether oxygens (including phenoxy) is 3. The van der Waals surface area contributed by atoms with Crippen molar-refractivity contribution >= 4 is 0 Å². The number of rotatable bonds is 8. The van der Waals surface area contributed by atoms with Gasteiger partial charge in [-0.3, -0.25) is 4.90 Å². The van der Waals surface area contributed by atoms with Crippen molar-refractivity contribution in [2.24, 2.45) is 0 Å². The average molecular weight is 444 g/mol. The molecule has 2 unspecified atom stereocenters. The van der Waals surface area contributed by atoms with Crippen LogP contribution >= 0.6 is 0 Å². The number of fused-ring (bicyclic) bond motifs is 1. The number of hydrogen-bond acceptors (Lipinski definition) is 4. The van der Waals surface area contributed by atoms with Gasteiger partial charge >= 0.3 is 0 Å². The van der Waals surface area contributed by atoms with E-state index in [1.807, 2.05) is 0 Å². The standard InChI is InChI=1S/C29H33NO3/c1-2-8-23(9-3-1)27-22-25-10-4-5-11-28(25)33-29(27)24-12-14-26(15-13-24)32-19-7-6-16-30-17-20-31-21-18-30/h1-5,8-15,27,29H,6-7,16-22H2. The van der Waals surface area contributed by atoms with E-state index in [1.165, 1.54) is 16.7 Å². The van der Waals surface area contributed by atoms with Crippen LogP contribution in [0.3, 0.4) is 0 Å². The molecule has 0 aliphatic carbocycles. The van der Waals surface area contributed by atoms with Crippen molar-refractivity contribution < 1.29 is 14.2 Å². The topological polar surface area (TPSA) is 30.9 Å². The van der Waals surface area contributed by atoms with Gasteiger partial charge in [0.05, 0.1) is 19.8 Å². The molecule has 3 aromatic rings. The Morgan fingerprint density at radius 3 is 2.36 bits per heavy atom. The van der Waals surface area contributed by atoms with Crippen molar-refractivity contribution in [1.82, 2.24) is 4.90 Å². The molecule has 4 heteroatoms. The molecule has 0 amide bonds. The van der Waals surface area contributed by atoms with Gasteiger partial charge < -0.3 is 14.2 Å². The predicted octanol–water partition coefficient (Wildman–Crippen LogP) is 5.64. The van der Waals surface area contributed by atoms with E-state index >= 15 is 0 Å². The highest BCUT2D eigenvalue weighted by molar-refractivity contribution is 5.41. The van der Waals surface area contributed by atoms with Crippen molar-refractivity contribution in [3.63, 3.8) is 0 Å². The lowest BCUT2D eigenvalue weighted by atomic mass is 9.82. The molecule has 0 radical (unpaired) electrons. The molecule has 1 saturated heterocycles. The number of nitrogens with zero attached hydrogens (tertiary/aromatic N) is 1. The van der Waals surface area contributed by atoms with Gasteiger partial charge in [0.25, 0.3) is 0 Å². The van der Waals surface area contributed by atoms with Crippen LogP contribution in [0.4, 0.5) is 0 Å². The Balaban J connectivity index is 1.20. The molecule has 2 atom stereocenters. The smallest absolute Gasteiger partial charge is 0.131 e. The van der Waals surface area contributed by atoms with Crippen LogP contribution in [-0.4, -0.2) is 44.4 Å². The van der Waals surface area contributed by atoms with Gasteiger partial charge in [-0.05, 0) is 60.7 Å². The second-order valence-electron chi connectivity index (χ2n) is 8.95. The molecule has 33 heavy (non-hydrogen) atoms. The van der Waals surface area contributed by atoms with Crippen LogP contribution in [-0.2, 0) is 11.2 Å². The largest absolute Gasteiger partial charge is 0.494 e. The summed E-state index contributed by atoms with van der Waals surface area (Å²) in [7, 11) is 0. The molecule has 2 aliphatic heterocycles. The maximum Gasteiger partial charge on any atom is 0.131 e. The summed E-state index contributed by atoms with van der Waals surface area (Å²) in [6, 6.07) is 27.6. The van der Waals surface area contributed by atoms with Gasteiger partial charge in [0.1, 0.15) is 17.6 Å². The molecule has 0 saturated carbocycles. The molecule has 0 N–H and O–H groups in total. The number of unbranched alkanes of at least 4 members (excludes halogenated alkanes) is 1. The fraction of sp³-hybridized carbons (Fsp3) is 0.379. The Morgan fingerprint density at radius 2 is 1.55 bits per heavy atom. The first-order chi connectivity index (χ1) is 16.4. The molecule has 2 heterocycles. The van der Waals surface area contributed by atoms with E-state index in [4.69, 9.17) is 14.2 Å². The highest BCUT2D eigenvalue weighted by atomic mass is 16.5. The summed E-state index contributed by atoms with van der Waals surface area (Å²) in [6.45, 7) is 5.73. The Kier molecular flexibility index (Phi) is 7.24. The number of morpholine rings is 1. The quantitative estimate of drug-likeness (QED) is 0.422. The summed E-state index contributed by atoms with van der Waals surface area (Å²) in [5.74, 6) is 2.21. The number of para-hydroxylation sites is 1. The first-order valence-corrected chi connectivity index (χ1v) is 12.2. The fourth-order valence-electron chi connectivity index (χ4n) is 4.85. The zero-order valence-corrected chi connectivity index (χ0v) is 19.2. The molecule has 0 bridgehead atoms.